The highest BCUT2D eigenvalue weighted by Gasteiger charge is 2.52. The highest BCUT2D eigenvalue weighted by Crippen LogP contribution is 2.58. The van der Waals surface area contributed by atoms with Crippen LogP contribution in [0.3, 0.4) is 0 Å². The Hall–Kier alpha value is -7.24. The highest BCUT2D eigenvalue weighted by atomic mass is 16.3. The van der Waals surface area contributed by atoms with Gasteiger partial charge in [0.05, 0.1) is 22.7 Å². The molecule has 5 aliphatic rings. The smallest absolute Gasteiger partial charge is 0.297 e. The molecular weight excluding hydrogens is 1010 g/mol. The fourth-order valence-electron chi connectivity index (χ4n) is 15.8. The Morgan fingerprint density at radius 3 is 1.53 bits per heavy atom. The first-order valence-corrected chi connectivity index (χ1v) is 31.1. The van der Waals surface area contributed by atoms with E-state index < -0.39 is 0 Å². The van der Waals surface area contributed by atoms with Gasteiger partial charge in [-0.2, -0.15) is 0 Å². The fourth-order valence-corrected chi connectivity index (χ4v) is 15.8. The molecule has 3 heterocycles. The lowest BCUT2D eigenvalue weighted by Gasteiger charge is -2.49. The minimum Gasteiger partial charge on any atom is -0.468 e. The lowest BCUT2D eigenvalue weighted by atomic mass is 9.35. The third kappa shape index (κ3) is 8.27. The summed E-state index contributed by atoms with van der Waals surface area (Å²) in [5.74, 6) is 0. The maximum atomic E-state index is 7.95. The highest BCUT2D eigenvalue weighted by molar-refractivity contribution is 7.00. The predicted molar refractivity (Wildman–Crippen MR) is 355 cm³/mol. The third-order valence-electron chi connectivity index (χ3n) is 21.1. The summed E-state index contributed by atoms with van der Waals surface area (Å²) in [6, 6.07) is 63.4. The average Bonchev–Trinajstić information content (AvgIpc) is 1.87. The first-order valence-electron chi connectivity index (χ1n) is 31.1. The van der Waals surface area contributed by atoms with Gasteiger partial charge in [-0.05, 0) is 205 Å². The van der Waals surface area contributed by atoms with Gasteiger partial charge in [0.25, 0.3) is 6.71 Å². The van der Waals surface area contributed by atoms with Crippen molar-refractivity contribution in [1.29, 1.82) is 0 Å². The summed E-state index contributed by atoms with van der Waals surface area (Å²) in [5, 5.41) is 1.17. The molecule has 0 unspecified atom stereocenters. The molecule has 83 heavy (non-hydrogen) atoms. The second-order valence-electron chi connectivity index (χ2n) is 30.5. The summed E-state index contributed by atoms with van der Waals surface area (Å²) in [6.45, 7) is 36.5. The van der Waals surface area contributed by atoms with Gasteiger partial charge in [-0.15, -0.1) is 0 Å². The summed E-state index contributed by atoms with van der Waals surface area (Å²) < 4.78 is 7.95. The van der Waals surface area contributed by atoms with E-state index in [0.717, 1.165) is 78.2 Å². The molecule has 14 rings (SSSR count). The summed E-state index contributed by atoms with van der Waals surface area (Å²) in [5.41, 5.74) is 27.2. The molecule has 3 aliphatic carbocycles. The van der Waals surface area contributed by atoms with Crippen molar-refractivity contribution in [2.45, 2.75) is 180 Å². The van der Waals surface area contributed by atoms with Crippen LogP contribution in [0.2, 0.25) is 0 Å². The number of hydrogen-bond acceptors (Lipinski definition) is 4. The zero-order valence-corrected chi connectivity index (χ0v) is 52.2. The summed E-state index contributed by atoms with van der Waals surface area (Å²) in [6.07, 6.45) is 6.77. The van der Waals surface area contributed by atoms with Crippen LogP contribution in [0.5, 0.6) is 0 Å². The van der Waals surface area contributed by atoms with E-state index in [9.17, 15) is 0 Å². The van der Waals surface area contributed by atoms with Gasteiger partial charge in [-0.25, -0.2) is 0 Å². The van der Waals surface area contributed by atoms with Crippen LogP contribution < -0.4 is 31.3 Å². The molecular formula is C78H84BN3O. The van der Waals surface area contributed by atoms with E-state index in [4.69, 9.17) is 4.42 Å². The Balaban J connectivity index is 1.19. The average molecular weight is 1090 g/mol. The molecule has 0 radical (unpaired) electrons. The molecule has 0 saturated heterocycles. The normalized spacial score (nSPS) is 19.0. The number of furan rings is 1. The number of anilines is 9. The van der Waals surface area contributed by atoms with Crippen molar-refractivity contribution >= 4 is 85.5 Å². The van der Waals surface area contributed by atoms with Crippen molar-refractivity contribution in [2.24, 2.45) is 0 Å². The second-order valence-corrected chi connectivity index (χ2v) is 30.5. The van der Waals surface area contributed by atoms with E-state index in [-0.39, 0.29) is 44.6 Å². The van der Waals surface area contributed by atoms with Crippen molar-refractivity contribution in [1.82, 2.24) is 0 Å². The van der Waals surface area contributed by atoms with Crippen LogP contribution >= 0.6 is 0 Å². The largest absolute Gasteiger partial charge is 0.468 e. The minimum absolute atomic E-state index is 0.00653. The molecule has 0 bridgehead atoms. The lowest BCUT2D eigenvalue weighted by Crippen LogP contribution is -2.61. The number of fused-ring (bicyclic) bond motifs is 10. The topological polar surface area (TPSA) is 22.9 Å². The zero-order chi connectivity index (χ0) is 58.1. The van der Waals surface area contributed by atoms with Gasteiger partial charge in [0, 0.05) is 45.1 Å². The molecule has 0 amide bonds. The Morgan fingerprint density at radius 2 is 0.940 bits per heavy atom. The number of para-hydroxylation sites is 2. The third-order valence-corrected chi connectivity index (χ3v) is 21.1. The van der Waals surface area contributed by atoms with Crippen molar-refractivity contribution in [3.05, 3.63) is 203 Å². The Bertz CT molecular complexity index is 4050. The second kappa shape index (κ2) is 18.1. The van der Waals surface area contributed by atoms with Gasteiger partial charge in [0.1, 0.15) is 5.58 Å². The molecule has 0 fully saturated rings. The lowest BCUT2D eigenvalue weighted by molar-refractivity contribution is 0.331. The van der Waals surface area contributed by atoms with Crippen molar-refractivity contribution in [3.63, 3.8) is 0 Å². The van der Waals surface area contributed by atoms with Gasteiger partial charge in [-0.1, -0.05) is 195 Å². The summed E-state index contributed by atoms with van der Waals surface area (Å²) >= 11 is 0. The number of benzene rings is 8. The van der Waals surface area contributed by atoms with Gasteiger partial charge in [0.2, 0.25) is 0 Å². The SMILES string of the molecule is CC(C)(C)c1ccc(N2c3cc(N(c4ccccc4)c4ccccc4)cc4c3B(c3ccc5c(c3N4c3ccc4c(c3)C(C)(C)CCC4(C)C)C(C)(C)CCC5(C)C)c3oc4cc5c(cc4c32)C(C)(C)CCC5(C)C)c(-c2ccccc2)c1. The van der Waals surface area contributed by atoms with Gasteiger partial charge in [-0.3, -0.25) is 0 Å². The molecule has 9 aromatic rings. The fraction of sp³-hybridized carbons (Fsp3) is 0.359. The molecule has 0 spiro atoms. The van der Waals surface area contributed by atoms with E-state index >= 15 is 0 Å². The maximum absolute atomic E-state index is 7.95. The van der Waals surface area contributed by atoms with Gasteiger partial charge >= 0.3 is 0 Å². The predicted octanol–water partition coefficient (Wildman–Crippen LogP) is 20.0. The summed E-state index contributed by atoms with van der Waals surface area (Å²) in [4.78, 5) is 7.93. The molecule has 0 saturated carbocycles. The Labute approximate surface area is 496 Å². The number of rotatable bonds is 6. The molecule has 5 heteroatoms. The van der Waals surface area contributed by atoms with E-state index in [0.29, 0.717) is 0 Å². The zero-order valence-electron chi connectivity index (χ0n) is 52.2. The van der Waals surface area contributed by atoms with Crippen LogP contribution in [0, 0.1) is 0 Å². The van der Waals surface area contributed by atoms with Crippen molar-refractivity contribution in [3.8, 4) is 11.1 Å². The van der Waals surface area contributed by atoms with Crippen LogP contribution in [0.1, 0.15) is 181 Å². The molecule has 0 atom stereocenters. The van der Waals surface area contributed by atoms with E-state index in [1.807, 2.05) is 0 Å². The molecule has 420 valence electrons. The first kappa shape index (κ1) is 53.8. The molecule has 4 nitrogen and oxygen atoms in total. The monoisotopic (exact) mass is 1090 g/mol. The van der Waals surface area contributed by atoms with E-state index in [1.165, 1.54) is 89.1 Å². The van der Waals surface area contributed by atoms with E-state index in [2.05, 4.69) is 282 Å². The minimum atomic E-state index is -0.230. The molecule has 0 N–H and O–H groups in total. The maximum Gasteiger partial charge on any atom is 0.297 e. The van der Waals surface area contributed by atoms with Crippen LogP contribution in [-0.4, -0.2) is 6.71 Å². The summed E-state index contributed by atoms with van der Waals surface area (Å²) in [7, 11) is 0. The van der Waals surface area contributed by atoms with Crippen LogP contribution in [0.4, 0.5) is 51.2 Å². The Morgan fingerprint density at radius 1 is 0.434 bits per heavy atom. The number of nitrogens with zero attached hydrogens (tertiary/aromatic N) is 3. The van der Waals surface area contributed by atoms with Gasteiger partial charge < -0.3 is 19.1 Å². The van der Waals surface area contributed by atoms with Crippen molar-refractivity contribution in [2.75, 3.05) is 14.7 Å². The van der Waals surface area contributed by atoms with Gasteiger partial charge in [0.15, 0.2) is 0 Å². The quantitative estimate of drug-likeness (QED) is 0.155. The van der Waals surface area contributed by atoms with Crippen molar-refractivity contribution < 1.29 is 4.42 Å². The molecule has 1 aromatic heterocycles. The molecule has 2 aliphatic heterocycles. The first-order chi connectivity index (χ1) is 39.3. The standard InChI is InChI=1S/C78H84BN3O/c1-72(2,3)50-31-36-63(55(43-50)49-25-19-16-20-26-49)82-65-46-54(80(51-27-21-17-22-28-51)52-29-23-18-24-30-52)45-64-68(65)79(71-69(82)56-47-60-61(48-66(56)83-71)77(12,13)40-39-76(60,10)11)62-35-34-58-67(78(14,15)42-41-74(58,6)7)70(62)81(64)53-32-33-57-59(44-53)75(8,9)38-37-73(57,4)5/h16-36,43-48H,37-42H2,1-15H3. The van der Waals surface area contributed by atoms with Crippen LogP contribution in [0.15, 0.2) is 168 Å². The van der Waals surface area contributed by atoms with E-state index in [1.54, 1.807) is 0 Å². The Kier molecular flexibility index (Phi) is 11.7. The van der Waals surface area contributed by atoms with Crippen LogP contribution in [-0.2, 0) is 37.9 Å². The molecule has 8 aromatic carbocycles. The van der Waals surface area contributed by atoms with Crippen LogP contribution in [0.25, 0.3) is 22.1 Å². The number of hydrogen-bond donors (Lipinski definition) is 0.